The molecule has 4 aromatic rings. The smallest absolute Gasteiger partial charge is 0.274 e. The van der Waals surface area contributed by atoms with Crippen LogP contribution in [0, 0.1) is 0 Å². The Morgan fingerprint density at radius 2 is 1.69 bits per heavy atom. The van der Waals surface area contributed by atoms with Gasteiger partial charge < -0.3 is 15.2 Å². The van der Waals surface area contributed by atoms with Crippen molar-refractivity contribution in [1.82, 2.24) is 20.2 Å². The van der Waals surface area contributed by atoms with Crippen LogP contribution in [0.3, 0.4) is 0 Å². The van der Waals surface area contributed by atoms with E-state index < -0.39 is 5.91 Å². The summed E-state index contributed by atoms with van der Waals surface area (Å²) in [5.74, 6) is 1.51. The van der Waals surface area contributed by atoms with E-state index in [-0.39, 0.29) is 5.75 Å². The van der Waals surface area contributed by atoms with Crippen LogP contribution in [0.1, 0.15) is 16.2 Å². The van der Waals surface area contributed by atoms with Gasteiger partial charge in [-0.15, -0.1) is 5.10 Å². The SMILES string of the molecule is COc1ccc(-n2nc(-c3ccc(O)cc3)nc2CNc2ccc(C(=O)NO)cc2)cc1. The van der Waals surface area contributed by atoms with Gasteiger partial charge >= 0.3 is 0 Å². The van der Waals surface area contributed by atoms with E-state index in [4.69, 9.17) is 9.94 Å². The molecule has 162 valence electrons. The summed E-state index contributed by atoms with van der Waals surface area (Å²) in [5, 5.41) is 26.2. The number of hydrogen-bond acceptors (Lipinski definition) is 7. The van der Waals surface area contributed by atoms with E-state index in [2.05, 4.69) is 15.4 Å². The van der Waals surface area contributed by atoms with Gasteiger partial charge in [-0.25, -0.2) is 15.1 Å². The van der Waals surface area contributed by atoms with Crippen molar-refractivity contribution >= 4 is 11.6 Å². The van der Waals surface area contributed by atoms with Crippen LogP contribution in [0.5, 0.6) is 11.5 Å². The molecule has 1 amide bonds. The molecule has 3 aromatic carbocycles. The highest BCUT2D eigenvalue weighted by molar-refractivity contribution is 5.93. The van der Waals surface area contributed by atoms with Gasteiger partial charge in [0.05, 0.1) is 19.3 Å². The Bertz CT molecular complexity index is 1200. The van der Waals surface area contributed by atoms with Crippen molar-refractivity contribution in [3.8, 4) is 28.6 Å². The monoisotopic (exact) mass is 431 g/mol. The molecule has 0 fully saturated rings. The van der Waals surface area contributed by atoms with Crippen molar-refractivity contribution < 1.29 is 19.8 Å². The second kappa shape index (κ2) is 9.19. The first-order valence-electron chi connectivity index (χ1n) is 9.75. The fourth-order valence-electron chi connectivity index (χ4n) is 3.11. The molecule has 0 spiro atoms. The van der Waals surface area contributed by atoms with Crippen LogP contribution in [0.15, 0.2) is 72.8 Å². The van der Waals surface area contributed by atoms with Crippen molar-refractivity contribution in [3.05, 3.63) is 84.2 Å². The van der Waals surface area contributed by atoms with Crippen LogP contribution in [0.4, 0.5) is 5.69 Å². The van der Waals surface area contributed by atoms with Crippen molar-refractivity contribution in [2.45, 2.75) is 6.54 Å². The number of carbonyl (C=O) groups excluding carboxylic acids is 1. The summed E-state index contributed by atoms with van der Waals surface area (Å²) in [6.07, 6.45) is 0. The maximum absolute atomic E-state index is 11.5. The number of benzene rings is 3. The number of hydroxylamine groups is 1. The number of aromatic hydroxyl groups is 1. The molecule has 1 aromatic heterocycles. The molecule has 0 bridgehead atoms. The van der Waals surface area contributed by atoms with E-state index in [0.29, 0.717) is 23.8 Å². The maximum Gasteiger partial charge on any atom is 0.274 e. The Morgan fingerprint density at radius 3 is 2.31 bits per heavy atom. The first-order chi connectivity index (χ1) is 15.6. The summed E-state index contributed by atoms with van der Waals surface area (Å²) in [7, 11) is 1.61. The average molecular weight is 431 g/mol. The number of methoxy groups -OCH3 is 1. The van der Waals surface area contributed by atoms with E-state index >= 15 is 0 Å². The zero-order valence-electron chi connectivity index (χ0n) is 17.2. The van der Waals surface area contributed by atoms with Gasteiger partial charge in [-0.05, 0) is 72.8 Å². The summed E-state index contributed by atoms with van der Waals surface area (Å²) in [6.45, 7) is 0.364. The van der Waals surface area contributed by atoms with Gasteiger partial charge in [0.2, 0.25) is 0 Å². The van der Waals surface area contributed by atoms with Crippen molar-refractivity contribution in [1.29, 1.82) is 0 Å². The molecule has 32 heavy (non-hydrogen) atoms. The molecule has 0 unspecified atom stereocenters. The van der Waals surface area contributed by atoms with Gasteiger partial charge in [0.25, 0.3) is 5.91 Å². The normalized spacial score (nSPS) is 10.6. The van der Waals surface area contributed by atoms with Crippen LogP contribution < -0.4 is 15.5 Å². The fraction of sp³-hybridized carbons (Fsp3) is 0.0870. The second-order valence-corrected chi connectivity index (χ2v) is 6.88. The Balaban J connectivity index is 1.62. The van der Waals surface area contributed by atoms with Crippen molar-refractivity contribution in [3.63, 3.8) is 0 Å². The molecule has 4 rings (SSSR count). The third-order valence-electron chi connectivity index (χ3n) is 4.82. The number of hydrogen-bond donors (Lipinski definition) is 4. The van der Waals surface area contributed by atoms with Crippen LogP contribution in [0.25, 0.3) is 17.1 Å². The van der Waals surface area contributed by atoms with E-state index in [9.17, 15) is 9.90 Å². The molecule has 9 heteroatoms. The largest absolute Gasteiger partial charge is 0.508 e. The minimum absolute atomic E-state index is 0.170. The van der Waals surface area contributed by atoms with Crippen molar-refractivity contribution in [2.24, 2.45) is 0 Å². The number of phenols is 1. The zero-order chi connectivity index (χ0) is 22.5. The van der Waals surface area contributed by atoms with Crippen LogP contribution in [-0.2, 0) is 6.54 Å². The number of ether oxygens (including phenoxy) is 1. The highest BCUT2D eigenvalue weighted by Crippen LogP contribution is 2.23. The lowest BCUT2D eigenvalue weighted by molar-refractivity contribution is 0.0706. The molecule has 0 aliphatic carbocycles. The van der Waals surface area contributed by atoms with Gasteiger partial charge in [0.1, 0.15) is 11.5 Å². The average Bonchev–Trinajstić information content (AvgIpc) is 3.27. The lowest BCUT2D eigenvalue weighted by Crippen LogP contribution is -2.18. The van der Waals surface area contributed by atoms with Crippen LogP contribution >= 0.6 is 0 Å². The quantitative estimate of drug-likeness (QED) is 0.261. The Hall–Kier alpha value is -4.37. The molecule has 9 nitrogen and oxygen atoms in total. The van der Waals surface area contributed by atoms with E-state index in [1.807, 2.05) is 24.3 Å². The van der Waals surface area contributed by atoms with Gasteiger partial charge in [-0.2, -0.15) is 0 Å². The summed E-state index contributed by atoms with van der Waals surface area (Å²) in [5.41, 5.74) is 4.31. The number of aromatic nitrogens is 3. The van der Waals surface area contributed by atoms with Crippen molar-refractivity contribution in [2.75, 3.05) is 12.4 Å². The molecule has 0 saturated carbocycles. The highest BCUT2D eigenvalue weighted by atomic mass is 16.5. The first-order valence-corrected chi connectivity index (χ1v) is 9.75. The number of nitrogens with one attached hydrogen (secondary N) is 2. The molecule has 0 atom stereocenters. The number of carbonyl (C=O) groups is 1. The highest BCUT2D eigenvalue weighted by Gasteiger charge is 2.14. The fourth-order valence-corrected chi connectivity index (χ4v) is 3.11. The third kappa shape index (κ3) is 4.52. The Kier molecular flexibility index (Phi) is 6.00. The van der Waals surface area contributed by atoms with E-state index in [0.717, 1.165) is 22.7 Å². The molecule has 1 heterocycles. The standard InChI is InChI=1S/C23H21N5O4/c1-32-20-12-8-18(9-13-20)28-21(25-22(26-28)15-4-10-19(29)11-5-15)14-24-17-6-2-16(3-7-17)23(30)27-31/h2-13,24,29,31H,14H2,1H3,(H,27,30). The zero-order valence-corrected chi connectivity index (χ0v) is 17.2. The summed E-state index contributed by atoms with van der Waals surface area (Å²) in [4.78, 5) is 16.2. The molecule has 4 N–H and O–H groups in total. The minimum Gasteiger partial charge on any atom is -0.508 e. The molecule has 0 radical (unpaired) electrons. The minimum atomic E-state index is -0.575. The Morgan fingerprint density at radius 1 is 1.00 bits per heavy atom. The lowest BCUT2D eigenvalue weighted by atomic mass is 10.2. The third-order valence-corrected chi connectivity index (χ3v) is 4.82. The molecule has 0 saturated heterocycles. The van der Waals surface area contributed by atoms with Crippen LogP contribution in [-0.4, -0.2) is 38.1 Å². The van der Waals surface area contributed by atoms with E-state index in [1.165, 1.54) is 0 Å². The van der Waals surface area contributed by atoms with Gasteiger partial charge in [-0.3, -0.25) is 10.0 Å². The second-order valence-electron chi connectivity index (χ2n) is 6.88. The van der Waals surface area contributed by atoms with Gasteiger partial charge in [0.15, 0.2) is 11.6 Å². The molecular formula is C23H21N5O4. The number of amides is 1. The molecule has 0 aliphatic heterocycles. The van der Waals surface area contributed by atoms with Gasteiger partial charge in [0, 0.05) is 16.8 Å². The number of anilines is 1. The van der Waals surface area contributed by atoms with E-state index in [1.54, 1.807) is 65.8 Å². The number of rotatable bonds is 7. The topological polar surface area (TPSA) is 122 Å². The summed E-state index contributed by atoms with van der Waals surface area (Å²) >= 11 is 0. The first kappa shape index (κ1) is 20.9. The summed E-state index contributed by atoms with van der Waals surface area (Å²) in [6, 6.07) is 20.8. The predicted molar refractivity (Wildman–Crippen MR) is 118 cm³/mol. The summed E-state index contributed by atoms with van der Waals surface area (Å²) < 4.78 is 6.97. The van der Waals surface area contributed by atoms with Crippen LogP contribution in [0.2, 0.25) is 0 Å². The lowest BCUT2D eigenvalue weighted by Gasteiger charge is -2.09. The predicted octanol–water partition coefficient (Wildman–Crippen LogP) is 3.38. The number of nitrogens with zero attached hydrogens (tertiary/aromatic N) is 3. The van der Waals surface area contributed by atoms with Gasteiger partial charge in [-0.1, -0.05) is 0 Å². The Labute approximate surface area is 183 Å². The molecular weight excluding hydrogens is 410 g/mol. The maximum atomic E-state index is 11.5. The number of phenolic OH excluding ortho intramolecular Hbond substituents is 1. The molecule has 0 aliphatic rings.